The molecule has 1 radical (unpaired) electrons. The minimum Gasteiger partial charge on any atom is -0.462 e. The first kappa shape index (κ1) is 23.9. The minimum atomic E-state index is -2.07. The number of hydrogen-bond acceptors (Lipinski definition) is 2. The molecule has 0 amide bonds. The van der Waals surface area contributed by atoms with Crippen LogP contribution in [0.4, 0.5) is 0 Å². The normalized spacial score (nSPS) is 10.8. The standard InChI is InChI=1S/C28H26O2P.BrH/c1-2-30-28(29)27-21-13-12-14-23(27)22-31(24-15-6-3-7-16-24,25-17-8-4-9-18-25)26-19-10-5-11-20-26;/h3-21H,2,22H2,1H3;1H. The van der Waals surface area contributed by atoms with E-state index in [9.17, 15) is 4.79 Å². The zero-order valence-corrected chi connectivity index (χ0v) is 20.7. The zero-order chi connectivity index (χ0) is 21.5. The van der Waals surface area contributed by atoms with Gasteiger partial charge in [-0.2, -0.15) is 0 Å². The van der Waals surface area contributed by atoms with Crippen molar-refractivity contribution in [3.8, 4) is 0 Å². The molecule has 0 atom stereocenters. The molecule has 0 aliphatic carbocycles. The lowest BCUT2D eigenvalue weighted by atomic mass is 10.1. The Hall–Kier alpha value is -2.74. The summed E-state index contributed by atoms with van der Waals surface area (Å²) in [6.07, 6.45) is 0.750. The molecule has 0 heterocycles. The molecule has 0 aliphatic heterocycles. The van der Waals surface area contributed by atoms with Gasteiger partial charge in [0.15, 0.2) is 0 Å². The van der Waals surface area contributed by atoms with E-state index in [0.29, 0.717) is 12.2 Å². The van der Waals surface area contributed by atoms with E-state index in [1.54, 1.807) is 0 Å². The van der Waals surface area contributed by atoms with Crippen LogP contribution in [0.5, 0.6) is 0 Å². The summed E-state index contributed by atoms with van der Waals surface area (Å²) in [6.45, 7) is 2.21. The van der Waals surface area contributed by atoms with Crippen molar-refractivity contribution in [2.24, 2.45) is 0 Å². The maximum atomic E-state index is 12.8. The monoisotopic (exact) mass is 505 g/mol. The Morgan fingerprint density at radius 2 is 1.06 bits per heavy atom. The second-order valence-electron chi connectivity index (χ2n) is 7.35. The SMILES string of the molecule is Br.CCOC(=O)c1ccccc1C[P](c1ccccc1)(c1ccccc1)c1ccccc1. The van der Waals surface area contributed by atoms with E-state index < -0.39 is 7.26 Å². The Morgan fingerprint density at radius 3 is 1.50 bits per heavy atom. The first-order valence-electron chi connectivity index (χ1n) is 10.6. The summed E-state index contributed by atoms with van der Waals surface area (Å²) >= 11 is 0. The van der Waals surface area contributed by atoms with Gasteiger partial charge in [-0.15, -0.1) is 17.0 Å². The lowest BCUT2D eigenvalue weighted by molar-refractivity contribution is 0.0525. The van der Waals surface area contributed by atoms with E-state index >= 15 is 0 Å². The number of halogens is 1. The molecule has 4 aromatic carbocycles. The van der Waals surface area contributed by atoms with Gasteiger partial charge in [0.05, 0.1) is 12.2 Å². The first-order chi connectivity index (χ1) is 15.3. The Bertz CT molecular complexity index is 1040. The van der Waals surface area contributed by atoms with Crippen LogP contribution in [-0.4, -0.2) is 12.6 Å². The third kappa shape index (κ3) is 4.85. The Kier molecular flexibility index (Phi) is 8.39. The third-order valence-electron chi connectivity index (χ3n) is 5.51. The van der Waals surface area contributed by atoms with Gasteiger partial charge in [0.25, 0.3) is 0 Å². The molecule has 0 saturated heterocycles. The molecule has 0 saturated carbocycles. The van der Waals surface area contributed by atoms with Crippen molar-refractivity contribution >= 4 is 46.1 Å². The highest BCUT2D eigenvalue weighted by atomic mass is 79.9. The van der Waals surface area contributed by atoms with E-state index in [0.717, 1.165) is 11.7 Å². The number of ether oxygens (including phenoxy) is 1. The van der Waals surface area contributed by atoms with Crippen molar-refractivity contribution in [2.75, 3.05) is 6.61 Å². The van der Waals surface area contributed by atoms with Gasteiger partial charge in [0.2, 0.25) is 0 Å². The number of carbonyl (C=O) groups excluding carboxylic acids is 1. The van der Waals surface area contributed by atoms with Crippen molar-refractivity contribution in [3.05, 3.63) is 126 Å². The Labute approximate surface area is 201 Å². The fraction of sp³-hybridized carbons (Fsp3) is 0.107. The van der Waals surface area contributed by atoms with Gasteiger partial charge in [-0.3, -0.25) is 0 Å². The van der Waals surface area contributed by atoms with Crippen molar-refractivity contribution in [1.29, 1.82) is 0 Å². The molecule has 0 aliphatic rings. The van der Waals surface area contributed by atoms with Crippen LogP contribution in [0.3, 0.4) is 0 Å². The molecule has 4 heteroatoms. The molecule has 2 nitrogen and oxygen atoms in total. The Morgan fingerprint density at radius 1 is 0.656 bits per heavy atom. The molecule has 0 fully saturated rings. The number of benzene rings is 4. The quantitative estimate of drug-likeness (QED) is 0.229. The summed E-state index contributed by atoms with van der Waals surface area (Å²) in [5.74, 6) is -0.259. The number of rotatable bonds is 7. The average molecular weight is 506 g/mol. The van der Waals surface area contributed by atoms with Gasteiger partial charge >= 0.3 is 5.97 Å². The van der Waals surface area contributed by atoms with Crippen LogP contribution in [0.25, 0.3) is 0 Å². The second kappa shape index (κ2) is 11.2. The van der Waals surface area contributed by atoms with E-state index in [4.69, 9.17) is 4.74 Å². The number of carbonyl (C=O) groups is 1. The van der Waals surface area contributed by atoms with Gasteiger partial charge < -0.3 is 4.74 Å². The summed E-state index contributed by atoms with van der Waals surface area (Å²) in [6, 6.07) is 40.0. The van der Waals surface area contributed by atoms with Crippen LogP contribution < -0.4 is 15.9 Å². The summed E-state index contributed by atoms with van der Waals surface area (Å²) in [7, 11) is -2.07. The van der Waals surface area contributed by atoms with E-state index in [1.807, 2.05) is 25.1 Å². The van der Waals surface area contributed by atoms with Crippen LogP contribution in [0.2, 0.25) is 0 Å². The summed E-state index contributed by atoms with van der Waals surface area (Å²) in [5, 5.41) is 3.89. The largest absolute Gasteiger partial charge is 0.462 e. The van der Waals surface area contributed by atoms with Crippen LogP contribution >= 0.6 is 24.2 Å². The lowest BCUT2D eigenvalue weighted by Crippen LogP contribution is -2.32. The molecule has 0 N–H and O–H groups in total. The van der Waals surface area contributed by atoms with Gasteiger partial charge in [0, 0.05) is 6.16 Å². The fourth-order valence-corrected chi connectivity index (χ4v) is 8.36. The van der Waals surface area contributed by atoms with Crippen molar-refractivity contribution in [1.82, 2.24) is 0 Å². The maximum absolute atomic E-state index is 12.8. The highest BCUT2D eigenvalue weighted by Crippen LogP contribution is 2.58. The molecule has 0 aromatic heterocycles. The molecule has 0 bridgehead atoms. The topological polar surface area (TPSA) is 26.3 Å². The van der Waals surface area contributed by atoms with Crippen LogP contribution in [-0.2, 0) is 10.9 Å². The predicted octanol–water partition coefficient (Wildman–Crippen LogP) is 5.94. The van der Waals surface area contributed by atoms with Crippen LogP contribution in [0, 0.1) is 0 Å². The van der Waals surface area contributed by atoms with Gasteiger partial charge in [0.1, 0.15) is 0 Å². The number of esters is 1. The van der Waals surface area contributed by atoms with E-state index in [2.05, 4.69) is 97.1 Å². The van der Waals surface area contributed by atoms with Crippen molar-refractivity contribution in [2.45, 2.75) is 13.1 Å². The molecular formula is C28H27BrO2P. The predicted molar refractivity (Wildman–Crippen MR) is 142 cm³/mol. The molecule has 4 rings (SSSR count). The highest BCUT2D eigenvalue weighted by molar-refractivity contribution is 8.93. The molecule has 0 unspecified atom stereocenters. The molecular weight excluding hydrogens is 479 g/mol. The highest BCUT2D eigenvalue weighted by Gasteiger charge is 2.35. The van der Waals surface area contributed by atoms with Crippen LogP contribution in [0.1, 0.15) is 22.8 Å². The van der Waals surface area contributed by atoms with Gasteiger partial charge in [-0.1, -0.05) is 109 Å². The van der Waals surface area contributed by atoms with E-state index in [-0.39, 0.29) is 23.0 Å². The van der Waals surface area contributed by atoms with E-state index in [1.165, 1.54) is 15.9 Å². The zero-order valence-electron chi connectivity index (χ0n) is 18.1. The molecule has 32 heavy (non-hydrogen) atoms. The Balaban J connectivity index is 0.00000289. The maximum Gasteiger partial charge on any atom is 0.338 e. The van der Waals surface area contributed by atoms with Crippen molar-refractivity contribution in [3.63, 3.8) is 0 Å². The lowest BCUT2D eigenvalue weighted by Gasteiger charge is -2.39. The minimum absolute atomic E-state index is 0. The van der Waals surface area contributed by atoms with Gasteiger partial charge in [-0.25, -0.2) is 4.79 Å². The van der Waals surface area contributed by atoms with Gasteiger partial charge in [-0.05, 0) is 41.7 Å². The first-order valence-corrected chi connectivity index (χ1v) is 12.5. The summed E-state index contributed by atoms with van der Waals surface area (Å²) in [4.78, 5) is 12.8. The van der Waals surface area contributed by atoms with Crippen molar-refractivity contribution < 1.29 is 9.53 Å². The second-order valence-corrected chi connectivity index (χ2v) is 10.8. The number of hydrogen-bond donors (Lipinski definition) is 0. The summed E-state index contributed by atoms with van der Waals surface area (Å²) in [5.41, 5.74) is 1.67. The van der Waals surface area contributed by atoms with Crippen LogP contribution in [0.15, 0.2) is 115 Å². The molecule has 0 spiro atoms. The smallest absolute Gasteiger partial charge is 0.338 e. The summed E-state index contributed by atoms with van der Waals surface area (Å²) < 4.78 is 5.37. The average Bonchev–Trinajstić information content (AvgIpc) is 2.84. The molecule has 4 aromatic rings. The fourth-order valence-electron chi connectivity index (χ4n) is 4.09. The third-order valence-corrected chi connectivity index (χ3v) is 9.87. The molecule has 163 valence electrons.